The molecule has 3 fully saturated rings. The third-order valence-corrected chi connectivity index (χ3v) is 6.47. The minimum atomic E-state index is -0.231. The van der Waals surface area contributed by atoms with Crippen LogP contribution in [0.25, 0.3) is 0 Å². The van der Waals surface area contributed by atoms with Crippen molar-refractivity contribution in [2.24, 2.45) is 0 Å². The summed E-state index contributed by atoms with van der Waals surface area (Å²) >= 11 is 0. The van der Waals surface area contributed by atoms with Crippen LogP contribution in [0.2, 0.25) is 0 Å². The molecule has 7 nitrogen and oxygen atoms in total. The lowest BCUT2D eigenvalue weighted by molar-refractivity contribution is -0.167. The van der Waals surface area contributed by atoms with E-state index < -0.39 is 0 Å². The summed E-state index contributed by atoms with van der Waals surface area (Å²) in [5.74, 6) is 6.25. The Morgan fingerprint density at radius 1 is 1.23 bits per heavy atom. The summed E-state index contributed by atoms with van der Waals surface area (Å²) in [7, 11) is 0. The van der Waals surface area contributed by atoms with E-state index in [0.29, 0.717) is 26.3 Å². The van der Waals surface area contributed by atoms with Gasteiger partial charge in [-0.15, -0.1) is 0 Å². The van der Waals surface area contributed by atoms with E-state index in [-0.39, 0.29) is 43.0 Å². The Balaban J connectivity index is 1.45. The molecule has 3 aliphatic rings. The first-order chi connectivity index (χ1) is 15.1. The summed E-state index contributed by atoms with van der Waals surface area (Å²) in [6.07, 6.45) is 1.92. The van der Waals surface area contributed by atoms with Crippen molar-refractivity contribution in [2.45, 2.75) is 37.8 Å². The summed E-state index contributed by atoms with van der Waals surface area (Å²) in [4.78, 5) is 31.2. The minimum absolute atomic E-state index is 0.0114. The zero-order valence-electron chi connectivity index (χ0n) is 18.1. The van der Waals surface area contributed by atoms with Gasteiger partial charge in [0.05, 0.1) is 45.0 Å². The number of ether oxygens (including phenoxy) is 1. The van der Waals surface area contributed by atoms with Gasteiger partial charge in [-0.1, -0.05) is 30.9 Å². The maximum absolute atomic E-state index is 12.9. The number of unbranched alkanes of at least 4 members (excludes halogenated alkanes) is 1. The van der Waals surface area contributed by atoms with Crippen LogP contribution in [0.5, 0.6) is 0 Å². The summed E-state index contributed by atoms with van der Waals surface area (Å²) in [5, 5.41) is 9.95. The van der Waals surface area contributed by atoms with Gasteiger partial charge in [-0.05, 0) is 24.1 Å². The first-order valence-electron chi connectivity index (χ1n) is 11.2. The third kappa shape index (κ3) is 4.62. The maximum atomic E-state index is 12.9. The zero-order chi connectivity index (χ0) is 21.8. The number of aliphatic hydroxyl groups is 1. The number of morpholine rings is 1. The van der Waals surface area contributed by atoms with Crippen molar-refractivity contribution in [3.05, 3.63) is 35.4 Å². The predicted molar refractivity (Wildman–Crippen MR) is 116 cm³/mol. The highest BCUT2D eigenvalue weighted by Gasteiger charge is 2.54. The molecule has 0 spiro atoms. The summed E-state index contributed by atoms with van der Waals surface area (Å²) < 4.78 is 5.35. The first kappa shape index (κ1) is 21.8. The fourth-order valence-corrected chi connectivity index (χ4v) is 4.82. The highest BCUT2D eigenvalue weighted by Crippen LogP contribution is 2.42. The van der Waals surface area contributed by atoms with E-state index in [9.17, 15) is 14.7 Å². The minimum Gasteiger partial charge on any atom is -0.394 e. The van der Waals surface area contributed by atoms with Crippen LogP contribution in [0.15, 0.2) is 24.3 Å². The Kier molecular flexibility index (Phi) is 6.91. The Bertz CT molecular complexity index is 854. The van der Waals surface area contributed by atoms with Crippen LogP contribution >= 0.6 is 0 Å². The molecule has 0 radical (unpaired) electrons. The number of rotatable bonds is 5. The van der Waals surface area contributed by atoms with Gasteiger partial charge >= 0.3 is 0 Å². The van der Waals surface area contributed by atoms with Gasteiger partial charge in [0.2, 0.25) is 11.8 Å². The van der Waals surface area contributed by atoms with E-state index in [1.165, 1.54) is 0 Å². The Morgan fingerprint density at radius 2 is 1.97 bits per heavy atom. The molecule has 0 aliphatic carbocycles. The zero-order valence-corrected chi connectivity index (χ0v) is 18.1. The van der Waals surface area contributed by atoms with Crippen LogP contribution in [-0.2, 0) is 14.3 Å². The predicted octanol–water partition coefficient (Wildman–Crippen LogP) is 0.668. The number of nitrogens with zero attached hydrogens (tertiary/aromatic N) is 3. The van der Waals surface area contributed by atoms with Crippen molar-refractivity contribution in [3.8, 4) is 11.8 Å². The van der Waals surface area contributed by atoms with Gasteiger partial charge in [0.25, 0.3) is 0 Å². The molecule has 31 heavy (non-hydrogen) atoms. The summed E-state index contributed by atoms with van der Waals surface area (Å²) in [5.41, 5.74) is 2.05. The van der Waals surface area contributed by atoms with Gasteiger partial charge in [0, 0.05) is 37.5 Å². The second kappa shape index (κ2) is 9.82. The van der Waals surface area contributed by atoms with Gasteiger partial charge < -0.3 is 19.6 Å². The Labute approximate surface area is 183 Å². The van der Waals surface area contributed by atoms with E-state index in [0.717, 1.165) is 37.1 Å². The van der Waals surface area contributed by atoms with Crippen LogP contribution < -0.4 is 0 Å². The molecule has 4 rings (SSSR count). The van der Waals surface area contributed by atoms with E-state index in [2.05, 4.69) is 23.7 Å². The largest absolute Gasteiger partial charge is 0.394 e. The van der Waals surface area contributed by atoms with Crippen molar-refractivity contribution in [1.82, 2.24) is 14.7 Å². The van der Waals surface area contributed by atoms with Crippen LogP contribution in [0.1, 0.15) is 36.8 Å². The van der Waals surface area contributed by atoms with E-state index >= 15 is 0 Å². The van der Waals surface area contributed by atoms with Crippen molar-refractivity contribution in [3.63, 3.8) is 0 Å². The fraction of sp³-hybridized carbons (Fsp3) is 0.583. The normalized spacial score (nSPS) is 26.0. The highest BCUT2D eigenvalue weighted by molar-refractivity contribution is 5.88. The standard InChI is InChI=1S/C24H31N3O4/c1-2-3-4-5-18-6-8-19(9-7-18)24-20-14-26(16-23(30)27(20)21(24)17-28)22(29)15-25-10-12-31-13-11-25/h6-9,20-21,24,28H,2-3,10-17H2,1H3/t20-,21-,24+/m0/s1. The topological polar surface area (TPSA) is 73.3 Å². The number of piperazine rings is 1. The SMILES string of the molecule is CCCC#Cc1ccc([C@H]2[C@H](CO)N3C(=O)CN(C(=O)CN4CCOCC4)C[C@@H]23)cc1. The molecule has 1 aromatic carbocycles. The first-order valence-corrected chi connectivity index (χ1v) is 11.2. The molecule has 0 bridgehead atoms. The van der Waals surface area contributed by atoms with Gasteiger partial charge in [0.1, 0.15) is 0 Å². The second-order valence-corrected chi connectivity index (χ2v) is 8.48. The number of amides is 2. The molecule has 0 unspecified atom stereocenters. The van der Waals surface area contributed by atoms with Crippen LogP contribution in [0, 0.1) is 11.8 Å². The molecule has 3 heterocycles. The number of carbonyl (C=O) groups is 2. The van der Waals surface area contributed by atoms with Crippen LogP contribution in [0.4, 0.5) is 0 Å². The molecule has 2 amide bonds. The van der Waals surface area contributed by atoms with Crippen molar-refractivity contribution < 1.29 is 19.4 Å². The quantitative estimate of drug-likeness (QED) is 0.702. The summed E-state index contributed by atoms with van der Waals surface area (Å²) in [6.45, 7) is 5.72. The molecular formula is C24H31N3O4. The molecule has 1 N–H and O–H groups in total. The molecule has 7 heteroatoms. The lowest BCUT2D eigenvalue weighted by atomic mass is 9.73. The van der Waals surface area contributed by atoms with Crippen molar-refractivity contribution in [1.29, 1.82) is 0 Å². The molecule has 3 atom stereocenters. The third-order valence-electron chi connectivity index (χ3n) is 6.47. The lowest BCUT2D eigenvalue weighted by Crippen LogP contribution is -2.73. The number of hydrogen-bond acceptors (Lipinski definition) is 5. The van der Waals surface area contributed by atoms with E-state index in [1.54, 1.807) is 9.80 Å². The van der Waals surface area contributed by atoms with Crippen LogP contribution in [-0.4, -0.2) is 96.2 Å². The molecule has 3 aliphatic heterocycles. The number of carbonyl (C=O) groups excluding carboxylic acids is 2. The molecule has 0 saturated carbocycles. The van der Waals surface area contributed by atoms with Crippen LogP contribution in [0.3, 0.4) is 0 Å². The molecule has 3 saturated heterocycles. The van der Waals surface area contributed by atoms with Gasteiger partial charge in [-0.25, -0.2) is 0 Å². The van der Waals surface area contributed by atoms with E-state index in [1.807, 2.05) is 24.3 Å². The van der Waals surface area contributed by atoms with Gasteiger partial charge in [0.15, 0.2) is 0 Å². The van der Waals surface area contributed by atoms with Crippen molar-refractivity contribution in [2.75, 3.05) is 52.5 Å². The van der Waals surface area contributed by atoms with E-state index in [4.69, 9.17) is 4.74 Å². The smallest absolute Gasteiger partial charge is 0.242 e. The Hall–Kier alpha value is -2.40. The van der Waals surface area contributed by atoms with Gasteiger partial charge in [-0.3, -0.25) is 14.5 Å². The average Bonchev–Trinajstić information content (AvgIpc) is 2.77. The molecule has 166 valence electrons. The summed E-state index contributed by atoms with van der Waals surface area (Å²) in [6, 6.07) is 7.76. The monoisotopic (exact) mass is 425 g/mol. The highest BCUT2D eigenvalue weighted by atomic mass is 16.5. The lowest BCUT2D eigenvalue weighted by Gasteiger charge is -2.58. The number of hydrogen-bond donors (Lipinski definition) is 1. The van der Waals surface area contributed by atoms with Gasteiger partial charge in [-0.2, -0.15) is 0 Å². The Morgan fingerprint density at radius 3 is 2.65 bits per heavy atom. The maximum Gasteiger partial charge on any atom is 0.242 e. The molecule has 0 aromatic heterocycles. The number of benzene rings is 1. The van der Waals surface area contributed by atoms with Crippen molar-refractivity contribution >= 4 is 11.8 Å². The average molecular weight is 426 g/mol. The second-order valence-electron chi connectivity index (χ2n) is 8.48. The molecular weight excluding hydrogens is 394 g/mol. The number of fused-ring (bicyclic) bond motifs is 1. The fourth-order valence-electron chi connectivity index (χ4n) is 4.82. The number of aliphatic hydroxyl groups excluding tert-OH is 1. The molecule has 1 aromatic rings.